The topological polar surface area (TPSA) is 87.1 Å². The summed E-state index contributed by atoms with van der Waals surface area (Å²) in [6.07, 6.45) is 5.68. The summed E-state index contributed by atoms with van der Waals surface area (Å²) >= 11 is 0. The van der Waals surface area contributed by atoms with E-state index in [4.69, 9.17) is 9.84 Å². The number of hydrogen-bond donors (Lipinski definition) is 2. The van der Waals surface area contributed by atoms with Crippen LogP contribution in [0.2, 0.25) is 0 Å². The highest BCUT2D eigenvalue weighted by atomic mass is 16.5. The van der Waals surface area contributed by atoms with Crippen LogP contribution in [-0.4, -0.2) is 58.9 Å². The molecule has 2 N–H and O–H groups in total. The van der Waals surface area contributed by atoms with Crippen molar-refractivity contribution in [1.82, 2.24) is 4.90 Å². The minimum absolute atomic E-state index is 0.0185. The van der Waals surface area contributed by atoms with Crippen LogP contribution in [0.15, 0.2) is 42.5 Å². The predicted molar refractivity (Wildman–Crippen MR) is 101 cm³/mol. The molecule has 0 aliphatic carbocycles. The summed E-state index contributed by atoms with van der Waals surface area (Å²) in [6, 6.07) is 9.65. The number of piperidine rings is 1. The average Bonchev–Trinajstić information content (AvgIpc) is 2.65. The molecule has 1 aromatic rings. The zero-order valence-electron chi connectivity index (χ0n) is 15.2. The number of amides is 1. The van der Waals surface area contributed by atoms with Crippen molar-refractivity contribution in [3.8, 4) is 11.8 Å². The lowest BCUT2D eigenvalue weighted by atomic mass is 9.99. The highest BCUT2D eigenvalue weighted by molar-refractivity contribution is 5.78. The number of benzene rings is 1. The molecule has 1 unspecified atom stereocenters. The Labute approximate surface area is 159 Å². The van der Waals surface area contributed by atoms with Crippen molar-refractivity contribution in [2.24, 2.45) is 0 Å². The number of aliphatic hydroxyl groups is 1. The van der Waals surface area contributed by atoms with Crippen molar-refractivity contribution < 1.29 is 24.5 Å². The van der Waals surface area contributed by atoms with E-state index in [-0.39, 0.29) is 31.7 Å². The van der Waals surface area contributed by atoms with Crippen LogP contribution in [0.3, 0.4) is 0 Å². The first-order valence-electron chi connectivity index (χ1n) is 9.01. The first-order valence-corrected chi connectivity index (χ1v) is 9.01. The SMILES string of the molecule is O=C(O)COCC#CCN1C(=O)CCCC1/C=C/[C@H](O)Cc1ccccc1. The summed E-state index contributed by atoms with van der Waals surface area (Å²) in [5, 5.41) is 18.7. The van der Waals surface area contributed by atoms with Crippen molar-refractivity contribution >= 4 is 11.9 Å². The number of carbonyl (C=O) groups is 2. The van der Waals surface area contributed by atoms with E-state index < -0.39 is 12.1 Å². The Morgan fingerprint density at radius 2 is 2.11 bits per heavy atom. The second kappa shape index (κ2) is 11.2. The van der Waals surface area contributed by atoms with Gasteiger partial charge in [0.05, 0.1) is 18.7 Å². The fourth-order valence-electron chi connectivity index (χ4n) is 2.91. The number of ether oxygens (including phenoxy) is 1. The van der Waals surface area contributed by atoms with Gasteiger partial charge in [-0.05, 0) is 18.4 Å². The van der Waals surface area contributed by atoms with Crippen LogP contribution in [-0.2, 0) is 20.7 Å². The molecule has 1 aromatic carbocycles. The molecule has 0 aromatic heterocycles. The van der Waals surface area contributed by atoms with E-state index in [1.165, 1.54) is 0 Å². The fourth-order valence-corrected chi connectivity index (χ4v) is 2.91. The van der Waals surface area contributed by atoms with Crippen molar-refractivity contribution in [3.05, 3.63) is 48.0 Å². The number of carbonyl (C=O) groups excluding carboxylic acids is 1. The molecule has 1 fully saturated rings. The normalized spacial score (nSPS) is 18.2. The Morgan fingerprint density at radius 3 is 2.85 bits per heavy atom. The zero-order valence-corrected chi connectivity index (χ0v) is 15.2. The molecule has 6 heteroatoms. The van der Waals surface area contributed by atoms with E-state index >= 15 is 0 Å². The summed E-state index contributed by atoms with van der Waals surface area (Å²) in [4.78, 5) is 24.2. The van der Waals surface area contributed by atoms with E-state index in [0.717, 1.165) is 18.4 Å². The maximum Gasteiger partial charge on any atom is 0.329 e. The first-order chi connectivity index (χ1) is 13.1. The lowest BCUT2D eigenvalue weighted by Gasteiger charge is -2.32. The predicted octanol–water partition coefficient (Wildman–Crippen LogP) is 1.63. The molecule has 144 valence electrons. The molecule has 0 radical (unpaired) electrons. The van der Waals surface area contributed by atoms with Gasteiger partial charge in [0.1, 0.15) is 13.2 Å². The van der Waals surface area contributed by atoms with Gasteiger partial charge < -0.3 is 19.8 Å². The third-order valence-electron chi connectivity index (χ3n) is 4.23. The smallest absolute Gasteiger partial charge is 0.329 e. The Balaban J connectivity index is 1.87. The number of aliphatic hydroxyl groups excluding tert-OH is 1. The lowest BCUT2D eigenvalue weighted by molar-refractivity contribution is -0.141. The van der Waals surface area contributed by atoms with Crippen LogP contribution < -0.4 is 0 Å². The Kier molecular flexibility index (Phi) is 8.56. The molecule has 0 spiro atoms. The molecule has 1 heterocycles. The van der Waals surface area contributed by atoms with Gasteiger partial charge in [-0.25, -0.2) is 4.79 Å². The standard InChI is InChI=1S/C21H25NO5/c23-19(15-17-7-2-1-3-8-17)12-11-18-9-6-10-20(24)22(18)13-4-5-14-27-16-21(25)26/h1-3,7-8,11-12,18-19,23H,6,9-10,13-16H2,(H,25,26)/b12-11+/t18?,19-/m0/s1. The summed E-state index contributed by atoms with van der Waals surface area (Å²) in [5.74, 6) is 4.58. The van der Waals surface area contributed by atoms with E-state index in [1.54, 1.807) is 11.0 Å². The maximum atomic E-state index is 12.2. The molecule has 0 bridgehead atoms. The number of aliphatic carboxylic acids is 1. The van der Waals surface area contributed by atoms with Crippen LogP contribution in [0.4, 0.5) is 0 Å². The minimum atomic E-state index is -1.04. The lowest BCUT2D eigenvalue weighted by Crippen LogP contribution is -2.42. The molecule has 1 aliphatic rings. The van der Waals surface area contributed by atoms with Crippen LogP contribution >= 0.6 is 0 Å². The molecule has 27 heavy (non-hydrogen) atoms. The fraction of sp³-hybridized carbons (Fsp3) is 0.429. The van der Waals surface area contributed by atoms with Gasteiger partial charge in [-0.3, -0.25) is 4.79 Å². The largest absolute Gasteiger partial charge is 0.480 e. The molecule has 2 rings (SSSR count). The zero-order chi connectivity index (χ0) is 19.5. The summed E-state index contributed by atoms with van der Waals surface area (Å²) in [7, 11) is 0. The second-order valence-corrected chi connectivity index (χ2v) is 6.36. The van der Waals surface area contributed by atoms with E-state index in [1.807, 2.05) is 36.4 Å². The molecule has 0 saturated carbocycles. The summed E-state index contributed by atoms with van der Waals surface area (Å²) in [6.45, 7) is -0.105. The average molecular weight is 371 g/mol. The second-order valence-electron chi connectivity index (χ2n) is 6.36. The Hall–Kier alpha value is -2.62. The number of nitrogens with zero attached hydrogens (tertiary/aromatic N) is 1. The van der Waals surface area contributed by atoms with Gasteiger partial charge in [-0.2, -0.15) is 0 Å². The van der Waals surface area contributed by atoms with Gasteiger partial charge in [0.15, 0.2) is 0 Å². The maximum absolute atomic E-state index is 12.2. The van der Waals surface area contributed by atoms with Crippen LogP contribution in [0.25, 0.3) is 0 Å². The highest BCUT2D eigenvalue weighted by Crippen LogP contribution is 2.19. The van der Waals surface area contributed by atoms with Crippen molar-refractivity contribution in [1.29, 1.82) is 0 Å². The molecule has 2 atom stereocenters. The number of carboxylic acid groups (broad SMARTS) is 1. The highest BCUT2D eigenvalue weighted by Gasteiger charge is 2.25. The van der Waals surface area contributed by atoms with E-state index in [2.05, 4.69) is 11.8 Å². The van der Waals surface area contributed by atoms with Crippen LogP contribution in [0.5, 0.6) is 0 Å². The molecule has 1 saturated heterocycles. The van der Waals surface area contributed by atoms with Gasteiger partial charge in [0.2, 0.25) is 5.91 Å². The van der Waals surface area contributed by atoms with Gasteiger partial charge in [-0.1, -0.05) is 54.3 Å². The van der Waals surface area contributed by atoms with Gasteiger partial charge >= 0.3 is 5.97 Å². The number of likely N-dealkylation sites (tertiary alicyclic amines) is 1. The van der Waals surface area contributed by atoms with E-state index in [0.29, 0.717) is 12.8 Å². The van der Waals surface area contributed by atoms with Gasteiger partial charge in [0, 0.05) is 12.8 Å². The number of carboxylic acids is 1. The number of hydrogen-bond acceptors (Lipinski definition) is 4. The Bertz CT molecular complexity index is 704. The molecule has 6 nitrogen and oxygen atoms in total. The van der Waals surface area contributed by atoms with Crippen LogP contribution in [0.1, 0.15) is 24.8 Å². The third-order valence-corrected chi connectivity index (χ3v) is 4.23. The van der Waals surface area contributed by atoms with Crippen molar-refractivity contribution in [2.75, 3.05) is 19.8 Å². The quantitative estimate of drug-likeness (QED) is 0.412. The third kappa shape index (κ3) is 7.65. The van der Waals surface area contributed by atoms with Gasteiger partial charge in [-0.15, -0.1) is 0 Å². The van der Waals surface area contributed by atoms with Crippen molar-refractivity contribution in [3.63, 3.8) is 0 Å². The van der Waals surface area contributed by atoms with E-state index in [9.17, 15) is 14.7 Å². The molecular formula is C21H25NO5. The summed E-state index contributed by atoms with van der Waals surface area (Å²) < 4.78 is 4.85. The monoisotopic (exact) mass is 371 g/mol. The molecular weight excluding hydrogens is 346 g/mol. The number of rotatable bonds is 8. The molecule has 1 aliphatic heterocycles. The Morgan fingerprint density at radius 1 is 1.33 bits per heavy atom. The first kappa shape index (κ1) is 20.7. The molecule has 1 amide bonds. The van der Waals surface area contributed by atoms with Crippen molar-refractivity contribution in [2.45, 2.75) is 37.8 Å². The van der Waals surface area contributed by atoms with Crippen LogP contribution in [0, 0.1) is 11.8 Å². The summed E-state index contributed by atoms with van der Waals surface area (Å²) in [5.41, 5.74) is 1.05. The van der Waals surface area contributed by atoms with Gasteiger partial charge in [0.25, 0.3) is 0 Å². The minimum Gasteiger partial charge on any atom is -0.480 e.